The summed E-state index contributed by atoms with van der Waals surface area (Å²) >= 11 is 5.93. The predicted octanol–water partition coefficient (Wildman–Crippen LogP) is 4.42. The lowest BCUT2D eigenvalue weighted by Gasteiger charge is -2.33. The Hall–Kier alpha value is -3.42. The summed E-state index contributed by atoms with van der Waals surface area (Å²) < 4.78 is 27.1. The third kappa shape index (κ3) is 4.24. The average Bonchev–Trinajstić information content (AvgIpc) is 3.10. The summed E-state index contributed by atoms with van der Waals surface area (Å²) in [6.07, 6.45) is 3.53. The molecule has 1 amide bonds. The first-order chi connectivity index (χ1) is 16.5. The van der Waals surface area contributed by atoms with Gasteiger partial charge in [-0.25, -0.2) is 4.39 Å². The molecule has 3 heterocycles. The van der Waals surface area contributed by atoms with E-state index in [2.05, 4.69) is 0 Å². The van der Waals surface area contributed by atoms with Gasteiger partial charge in [0.2, 0.25) is 5.43 Å². The minimum Gasteiger partial charge on any atom is -0.483 e. The lowest BCUT2D eigenvalue weighted by Crippen LogP contribution is -2.43. The topological polar surface area (TPSA) is 60.8 Å². The number of halogens is 2. The summed E-state index contributed by atoms with van der Waals surface area (Å²) in [6.45, 7) is 1.89. The Kier molecular flexibility index (Phi) is 6.22. The van der Waals surface area contributed by atoms with E-state index < -0.39 is 5.82 Å². The minimum atomic E-state index is -0.514. The molecule has 1 aromatic heterocycles. The largest absolute Gasteiger partial charge is 0.483 e. The Morgan fingerprint density at radius 2 is 1.88 bits per heavy atom. The molecule has 0 aliphatic carbocycles. The van der Waals surface area contributed by atoms with Crippen LogP contribution in [-0.2, 0) is 31.0 Å². The van der Waals surface area contributed by atoms with Gasteiger partial charge in [-0.15, -0.1) is 0 Å². The van der Waals surface area contributed by atoms with Crippen LogP contribution >= 0.6 is 11.6 Å². The van der Waals surface area contributed by atoms with Crippen molar-refractivity contribution in [3.63, 3.8) is 0 Å². The number of ether oxygens (including phenoxy) is 2. The lowest BCUT2D eigenvalue weighted by molar-refractivity contribution is 0.0670. The molecule has 0 spiro atoms. The molecule has 2 aliphatic heterocycles. The first-order valence-electron chi connectivity index (χ1n) is 11.0. The average molecular weight is 481 g/mol. The SMILES string of the molecule is O=C1c2c(OCc3ccccc3)c(=O)c3c(n2CCN1Cc1ccc(F)c(Cl)c1)COCC=C3. The maximum atomic E-state index is 13.6. The van der Waals surface area contributed by atoms with Crippen LogP contribution < -0.4 is 10.2 Å². The van der Waals surface area contributed by atoms with Gasteiger partial charge in [0.25, 0.3) is 5.91 Å². The minimum absolute atomic E-state index is 0.000262. The van der Waals surface area contributed by atoms with E-state index in [4.69, 9.17) is 21.1 Å². The molecule has 0 radical (unpaired) electrons. The van der Waals surface area contributed by atoms with E-state index in [1.54, 1.807) is 23.1 Å². The van der Waals surface area contributed by atoms with Gasteiger partial charge in [0, 0.05) is 25.2 Å². The van der Waals surface area contributed by atoms with Gasteiger partial charge in [-0.05, 0) is 23.3 Å². The molecular weight excluding hydrogens is 459 g/mol. The Balaban J connectivity index is 1.55. The summed E-state index contributed by atoms with van der Waals surface area (Å²) in [4.78, 5) is 28.7. The van der Waals surface area contributed by atoms with E-state index in [1.165, 1.54) is 12.1 Å². The number of fused-ring (bicyclic) bond motifs is 3. The number of hydrogen-bond donors (Lipinski definition) is 0. The molecule has 174 valence electrons. The van der Waals surface area contributed by atoms with Crippen LogP contribution in [0.4, 0.5) is 4.39 Å². The van der Waals surface area contributed by atoms with E-state index in [0.717, 1.165) is 5.56 Å². The number of carbonyl (C=O) groups is 1. The first kappa shape index (κ1) is 22.4. The van der Waals surface area contributed by atoms with Crippen LogP contribution in [0.25, 0.3) is 6.08 Å². The highest BCUT2D eigenvalue weighted by atomic mass is 35.5. The molecule has 2 aromatic carbocycles. The zero-order valence-electron chi connectivity index (χ0n) is 18.3. The van der Waals surface area contributed by atoms with Crippen LogP contribution in [0.5, 0.6) is 5.75 Å². The third-order valence-electron chi connectivity index (χ3n) is 5.98. The van der Waals surface area contributed by atoms with Crippen LogP contribution in [0.2, 0.25) is 5.02 Å². The van der Waals surface area contributed by atoms with Gasteiger partial charge in [0.15, 0.2) is 11.4 Å². The van der Waals surface area contributed by atoms with Crippen molar-refractivity contribution in [1.29, 1.82) is 0 Å². The van der Waals surface area contributed by atoms with Crippen molar-refractivity contribution in [2.75, 3.05) is 13.2 Å². The van der Waals surface area contributed by atoms with Crippen molar-refractivity contribution in [1.82, 2.24) is 9.47 Å². The smallest absolute Gasteiger partial charge is 0.274 e. The van der Waals surface area contributed by atoms with Gasteiger partial charge < -0.3 is 18.9 Å². The maximum absolute atomic E-state index is 13.6. The predicted molar refractivity (Wildman–Crippen MR) is 126 cm³/mol. The highest BCUT2D eigenvalue weighted by Gasteiger charge is 2.33. The van der Waals surface area contributed by atoms with Crippen molar-refractivity contribution < 1.29 is 18.7 Å². The molecule has 0 unspecified atom stereocenters. The van der Waals surface area contributed by atoms with Crippen molar-refractivity contribution >= 4 is 23.6 Å². The zero-order valence-corrected chi connectivity index (χ0v) is 19.1. The fourth-order valence-corrected chi connectivity index (χ4v) is 4.49. The van der Waals surface area contributed by atoms with Crippen molar-refractivity contribution in [2.24, 2.45) is 0 Å². The number of benzene rings is 2. The molecule has 5 rings (SSSR count). The second kappa shape index (κ2) is 9.44. The van der Waals surface area contributed by atoms with Gasteiger partial charge in [-0.1, -0.05) is 60.2 Å². The van der Waals surface area contributed by atoms with Crippen LogP contribution in [0.1, 0.15) is 32.9 Å². The van der Waals surface area contributed by atoms with Gasteiger partial charge >= 0.3 is 0 Å². The molecule has 0 saturated carbocycles. The quantitative estimate of drug-likeness (QED) is 0.542. The molecule has 8 heteroatoms. The Morgan fingerprint density at radius 3 is 2.68 bits per heavy atom. The Morgan fingerprint density at radius 1 is 1.06 bits per heavy atom. The standard InChI is InChI=1S/C26H22ClFN2O4/c27-20-13-18(8-9-21(20)28)14-29-10-11-30-22-16-33-12-4-7-19(22)24(31)25(23(30)26(29)32)34-15-17-5-2-1-3-6-17/h1-9,13H,10-12,14-16H2. The number of carbonyl (C=O) groups excluding carboxylic acids is 1. The summed E-state index contributed by atoms with van der Waals surface area (Å²) in [5, 5.41) is -0.000262. The molecule has 0 fully saturated rings. The highest BCUT2D eigenvalue weighted by molar-refractivity contribution is 6.30. The molecule has 3 aromatic rings. The molecule has 0 bridgehead atoms. The zero-order chi connectivity index (χ0) is 23.7. The summed E-state index contributed by atoms with van der Waals surface area (Å²) in [5.74, 6) is -0.816. The van der Waals surface area contributed by atoms with Crippen molar-refractivity contribution in [3.05, 3.63) is 104 Å². The second-order valence-electron chi connectivity index (χ2n) is 8.19. The van der Waals surface area contributed by atoms with Gasteiger partial charge in [0.05, 0.1) is 23.9 Å². The molecule has 0 N–H and O–H groups in total. The van der Waals surface area contributed by atoms with Crippen LogP contribution in [0, 0.1) is 5.82 Å². The molecule has 2 aliphatic rings. The van der Waals surface area contributed by atoms with Crippen LogP contribution in [0.3, 0.4) is 0 Å². The van der Waals surface area contributed by atoms with E-state index in [-0.39, 0.29) is 47.6 Å². The number of rotatable bonds is 5. The monoisotopic (exact) mass is 480 g/mol. The van der Waals surface area contributed by atoms with Crippen LogP contribution in [0.15, 0.2) is 59.4 Å². The Bertz CT molecular complexity index is 1340. The molecule has 0 saturated heterocycles. The van der Waals surface area contributed by atoms with E-state index in [9.17, 15) is 14.0 Å². The summed E-state index contributed by atoms with van der Waals surface area (Å²) in [5.41, 5.74) is 2.60. The first-order valence-corrected chi connectivity index (χ1v) is 11.3. The maximum Gasteiger partial charge on any atom is 0.274 e. The van der Waals surface area contributed by atoms with Crippen molar-refractivity contribution in [3.8, 4) is 5.75 Å². The number of amides is 1. The number of hydrogen-bond acceptors (Lipinski definition) is 4. The molecule has 34 heavy (non-hydrogen) atoms. The van der Waals surface area contributed by atoms with E-state index >= 15 is 0 Å². The summed E-state index contributed by atoms with van der Waals surface area (Å²) in [7, 11) is 0. The highest BCUT2D eigenvalue weighted by Crippen LogP contribution is 2.28. The Labute approximate surface area is 200 Å². The summed E-state index contributed by atoms with van der Waals surface area (Å²) in [6, 6.07) is 13.9. The number of aromatic nitrogens is 1. The normalized spacial score (nSPS) is 15.0. The molecule has 0 atom stereocenters. The van der Waals surface area contributed by atoms with Gasteiger partial charge in [0.1, 0.15) is 12.4 Å². The number of nitrogens with zero attached hydrogens (tertiary/aromatic N) is 2. The fourth-order valence-electron chi connectivity index (χ4n) is 4.29. The van der Waals surface area contributed by atoms with E-state index in [1.807, 2.05) is 34.9 Å². The van der Waals surface area contributed by atoms with Gasteiger partial charge in [-0.3, -0.25) is 9.59 Å². The second-order valence-corrected chi connectivity index (χ2v) is 8.59. The number of pyridine rings is 1. The van der Waals surface area contributed by atoms with E-state index in [0.29, 0.717) is 36.5 Å². The third-order valence-corrected chi connectivity index (χ3v) is 6.27. The molecular formula is C26H22ClFN2O4. The van der Waals surface area contributed by atoms with Crippen LogP contribution in [-0.4, -0.2) is 28.5 Å². The fraction of sp³-hybridized carbons (Fsp3) is 0.231. The van der Waals surface area contributed by atoms with Gasteiger partial charge in [-0.2, -0.15) is 0 Å². The van der Waals surface area contributed by atoms with Crippen molar-refractivity contribution in [2.45, 2.75) is 26.3 Å². The lowest BCUT2D eigenvalue weighted by atomic mass is 10.1. The molecule has 6 nitrogen and oxygen atoms in total.